The molecule has 0 atom stereocenters. The van der Waals surface area contributed by atoms with Gasteiger partial charge in [0.05, 0.1) is 18.8 Å². The van der Waals surface area contributed by atoms with Crippen molar-refractivity contribution in [2.24, 2.45) is 0 Å². The van der Waals surface area contributed by atoms with E-state index in [4.69, 9.17) is 11.6 Å². The third-order valence-corrected chi connectivity index (χ3v) is 6.44. The summed E-state index contributed by atoms with van der Waals surface area (Å²) < 4.78 is 1.03. The molecule has 2 aromatic rings. The van der Waals surface area contributed by atoms with Crippen LogP contribution in [0.4, 0.5) is 0 Å². The molecule has 0 unspecified atom stereocenters. The van der Waals surface area contributed by atoms with Crippen molar-refractivity contribution >= 4 is 47.5 Å². The average Bonchev–Trinajstić information content (AvgIpc) is 2.32. The van der Waals surface area contributed by atoms with Gasteiger partial charge in [-0.3, -0.25) is 4.98 Å². The van der Waals surface area contributed by atoms with E-state index in [2.05, 4.69) is 59.3 Å². The fraction of sp³-hybridized carbons (Fsp3) is 0.214. The van der Waals surface area contributed by atoms with Gasteiger partial charge in [0.1, 0.15) is 0 Å². The number of nitrogens with zero attached hydrogens (tertiary/aromatic N) is 1. The Morgan fingerprint density at radius 1 is 1.11 bits per heavy atom. The molecule has 0 bridgehead atoms. The summed E-state index contributed by atoms with van der Waals surface area (Å²) in [6, 6.07) is 10.3. The molecular formula is C14H15ClINSi. The van der Waals surface area contributed by atoms with Gasteiger partial charge in [-0.25, -0.2) is 0 Å². The first kappa shape index (κ1) is 14.0. The third-order valence-electron chi connectivity index (χ3n) is 2.77. The molecule has 4 heteroatoms. The second-order valence-electron chi connectivity index (χ2n) is 5.26. The van der Waals surface area contributed by atoms with Crippen LogP contribution in [0.25, 0.3) is 11.3 Å². The summed E-state index contributed by atoms with van der Waals surface area (Å²) in [5, 5.41) is 2.13. The van der Waals surface area contributed by atoms with Crippen molar-refractivity contribution in [2.75, 3.05) is 0 Å². The molecule has 1 nitrogen and oxygen atoms in total. The van der Waals surface area contributed by atoms with Crippen LogP contribution in [0.2, 0.25) is 24.7 Å². The van der Waals surface area contributed by atoms with E-state index in [1.54, 1.807) is 0 Å². The van der Waals surface area contributed by atoms with Crippen molar-refractivity contribution in [2.45, 2.75) is 19.6 Å². The molecule has 94 valence electrons. The second-order valence-corrected chi connectivity index (χ2v) is 11.8. The number of hydrogen-bond donors (Lipinski definition) is 0. The molecule has 0 saturated carbocycles. The van der Waals surface area contributed by atoms with E-state index in [1.165, 1.54) is 5.19 Å². The molecule has 0 radical (unpaired) electrons. The van der Waals surface area contributed by atoms with Crippen molar-refractivity contribution in [3.05, 3.63) is 45.1 Å². The molecule has 1 aromatic heterocycles. The standard InChI is InChI=1S/C14H15ClINSi/c1-18(2,3)14-12(15)11(16)9-17-13(14)10-7-5-4-6-8-10/h4-9H,1-3H3. The molecule has 0 aliphatic rings. The van der Waals surface area contributed by atoms with Crippen molar-refractivity contribution in [1.82, 2.24) is 4.98 Å². The van der Waals surface area contributed by atoms with Crippen LogP contribution in [0.3, 0.4) is 0 Å². The van der Waals surface area contributed by atoms with Crippen LogP contribution in [-0.4, -0.2) is 13.1 Å². The van der Waals surface area contributed by atoms with Crippen LogP contribution in [0.15, 0.2) is 36.5 Å². The molecule has 0 amide bonds. The zero-order valence-corrected chi connectivity index (χ0v) is 14.6. The number of aromatic nitrogens is 1. The predicted molar refractivity (Wildman–Crippen MR) is 90.4 cm³/mol. The smallest absolute Gasteiger partial charge is 0.0824 e. The lowest BCUT2D eigenvalue weighted by molar-refractivity contribution is 1.32. The third kappa shape index (κ3) is 2.78. The van der Waals surface area contributed by atoms with Gasteiger partial charge in [0, 0.05) is 15.3 Å². The fourth-order valence-electron chi connectivity index (χ4n) is 1.97. The second kappa shape index (κ2) is 5.31. The number of benzene rings is 1. The summed E-state index contributed by atoms with van der Waals surface area (Å²) in [5.41, 5.74) is 2.19. The highest BCUT2D eigenvalue weighted by atomic mass is 127. The molecule has 18 heavy (non-hydrogen) atoms. The minimum atomic E-state index is -1.54. The Bertz CT molecular complexity index is 564. The van der Waals surface area contributed by atoms with Gasteiger partial charge < -0.3 is 0 Å². The van der Waals surface area contributed by atoms with E-state index >= 15 is 0 Å². The highest BCUT2D eigenvalue weighted by molar-refractivity contribution is 14.1. The molecule has 0 N–H and O–H groups in total. The molecule has 2 rings (SSSR count). The average molecular weight is 388 g/mol. The van der Waals surface area contributed by atoms with Crippen LogP contribution < -0.4 is 5.19 Å². The number of rotatable bonds is 2. The maximum absolute atomic E-state index is 6.52. The Labute approximate surface area is 128 Å². The number of halogens is 2. The van der Waals surface area contributed by atoms with Gasteiger partial charge in [0.2, 0.25) is 0 Å². The van der Waals surface area contributed by atoms with Crippen LogP contribution in [0.1, 0.15) is 0 Å². The SMILES string of the molecule is C[Si](C)(C)c1c(-c2ccccc2)ncc(I)c1Cl. The lowest BCUT2D eigenvalue weighted by Gasteiger charge is -2.22. The van der Waals surface area contributed by atoms with Gasteiger partial charge in [0.15, 0.2) is 0 Å². The van der Waals surface area contributed by atoms with Crippen molar-refractivity contribution in [3.8, 4) is 11.3 Å². The van der Waals surface area contributed by atoms with Gasteiger partial charge >= 0.3 is 0 Å². The number of pyridine rings is 1. The molecule has 0 aliphatic heterocycles. The van der Waals surface area contributed by atoms with Crippen molar-refractivity contribution < 1.29 is 0 Å². The summed E-state index contributed by atoms with van der Waals surface area (Å²) in [4.78, 5) is 4.62. The molecule has 0 fully saturated rings. The van der Waals surface area contributed by atoms with Crippen molar-refractivity contribution in [3.63, 3.8) is 0 Å². The summed E-state index contributed by atoms with van der Waals surface area (Å²) >= 11 is 8.77. The summed E-state index contributed by atoms with van der Waals surface area (Å²) in [7, 11) is -1.54. The number of hydrogen-bond acceptors (Lipinski definition) is 1. The summed E-state index contributed by atoms with van der Waals surface area (Å²) in [5.74, 6) is 0. The Balaban J connectivity index is 2.73. The van der Waals surface area contributed by atoms with Crippen LogP contribution in [0.5, 0.6) is 0 Å². The highest BCUT2D eigenvalue weighted by Crippen LogP contribution is 2.25. The van der Waals surface area contributed by atoms with Crippen LogP contribution in [-0.2, 0) is 0 Å². The minimum absolute atomic E-state index is 0.878. The molecule has 1 heterocycles. The van der Waals surface area contributed by atoms with Crippen molar-refractivity contribution in [1.29, 1.82) is 0 Å². The minimum Gasteiger partial charge on any atom is -0.255 e. The normalized spacial score (nSPS) is 11.6. The van der Waals surface area contributed by atoms with E-state index in [9.17, 15) is 0 Å². The zero-order chi connectivity index (χ0) is 13.3. The Hall–Kier alpha value is -0.393. The van der Waals surface area contributed by atoms with Gasteiger partial charge in [-0.05, 0) is 27.8 Å². The fourth-order valence-corrected chi connectivity index (χ4v) is 5.33. The topological polar surface area (TPSA) is 12.9 Å². The molecule has 1 aromatic carbocycles. The predicted octanol–water partition coefficient (Wildman–Crippen LogP) is 4.55. The van der Waals surface area contributed by atoms with Crippen LogP contribution >= 0.6 is 34.2 Å². The first-order valence-corrected chi connectivity index (χ1v) is 10.8. The molecule has 0 aliphatic carbocycles. The van der Waals surface area contributed by atoms with E-state index in [0.29, 0.717) is 0 Å². The molecule has 0 saturated heterocycles. The molecular weight excluding hydrogens is 373 g/mol. The lowest BCUT2D eigenvalue weighted by atomic mass is 10.1. The van der Waals surface area contributed by atoms with E-state index in [0.717, 1.165) is 19.9 Å². The van der Waals surface area contributed by atoms with E-state index in [-0.39, 0.29) is 0 Å². The maximum atomic E-state index is 6.52. The molecule has 0 spiro atoms. The quantitative estimate of drug-likeness (QED) is 0.544. The van der Waals surface area contributed by atoms with Gasteiger partial charge in [-0.1, -0.05) is 61.6 Å². The Morgan fingerprint density at radius 3 is 2.28 bits per heavy atom. The van der Waals surface area contributed by atoms with Gasteiger partial charge in [-0.15, -0.1) is 0 Å². The Kier molecular flexibility index (Phi) is 4.14. The Morgan fingerprint density at radius 2 is 1.72 bits per heavy atom. The first-order valence-electron chi connectivity index (χ1n) is 5.81. The van der Waals surface area contributed by atoms with Gasteiger partial charge in [-0.2, -0.15) is 0 Å². The lowest BCUT2D eigenvalue weighted by Crippen LogP contribution is -2.40. The summed E-state index contributed by atoms with van der Waals surface area (Å²) in [6.45, 7) is 6.91. The van der Waals surface area contributed by atoms with E-state index < -0.39 is 8.07 Å². The monoisotopic (exact) mass is 387 g/mol. The van der Waals surface area contributed by atoms with E-state index in [1.807, 2.05) is 24.4 Å². The maximum Gasteiger partial charge on any atom is 0.0824 e. The summed E-state index contributed by atoms with van der Waals surface area (Å²) in [6.07, 6.45) is 1.86. The van der Waals surface area contributed by atoms with Crippen LogP contribution in [0, 0.1) is 3.57 Å². The van der Waals surface area contributed by atoms with Gasteiger partial charge in [0.25, 0.3) is 0 Å². The largest absolute Gasteiger partial charge is 0.255 e. The highest BCUT2D eigenvalue weighted by Gasteiger charge is 2.26. The first-order chi connectivity index (χ1) is 8.41. The zero-order valence-electron chi connectivity index (χ0n) is 10.7.